The molecule has 0 atom stereocenters. The number of amides is 1. The van der Waals surface area contributed by atoms with Crippen LogP contribution in [0, 0.1) is 6.92 Å². The van der Waals surface area contributed by atoms with E-state index in [1.165, 1.54) is 17.6 Å². The fourth-order valence-corrected chi connectivity index (χ4v) is 4.56. The first-order valence-electron chi connectivity index (χ1n) is 10.7. The summed E-state index contributed by atoms with van der Waals surface area (Å²) in [6.45, 7) is 5.05. The van der Waals surface area contributed by atoms with Crippen LogP contribution in [-0.4, -0.2) is 47.0 Å². The molecular weight excluding hydrogens is 376 g/mol. The van der Waals surface area contributed by atoms with E-state index in [-0.39, 0.29) is 5.91 Å². The molecule has 30 heavy (non-hydrogen) atoms. The Kier molecular flexibility index (Phi) is 4.99. The molecule has 1 saturated heterocycles. The number of carbonyl (C=O) groups excluding carboxylic acids is 1. The van der Waals surface area contributed by atoms with Gasteiger partial charge in [-0.15, -0.1) is 0 Å². The molecule has 4 heterocycles. The van der Waals surface area contributed by atoms with Crippen LogP contribution in [0.2, 0.25) is 0 Å². The molecule has 1 fully saturated rings. The van der Waals surface area contributed by atoms with E-state index in [1.54, 1.807) is 6.33 Å². The molecule has 154 valence electrons. The Hall–Kier alpha value is -3.15. The average Bonchev–Trinajstić information content (AvgIpc) is 3.15. The molecule has 0 aliphatic carbocycles. The van der Waals surface area contributed by atoms with E-state index in [0.29, 0.717) is 30.1 Å². The van der Waals surface area contributed by atoms with Crippen LogP contribution in [0.3, 0.4) is 0 Å². The van der Waals surface area contributed by atoms with Crippen molar-refractivity contribution in [1.29, 1.82) is 0 Å². The number of anilines is 1. The quantitative estimate of drug-likeness (QED) is 0.648. The van der Waals surface area contributed by atoms with Gasteiger partial charge in [0.15, 0.2) is 0 Å². The zero-order valence-electron chi connectivity index (χ0n) is 17.3. The molecule has 0 saturated carbocycles. The van der Waals surface area contributed by atoms with Crippen LogP contribution >= 0.6 is 0 Å². The number of nitrogens with zero attached hydrogens (tertiary/aromatic N) is 4. The van der Waals surface area contributed by atoms with E-state index in [9.17, 15) is 4.79 Å². The predicted octanol–water partition coefficient (Wildman–Crippen LogP) is 4.45. The Balaban J connectivity index is 1.47. The number of piperidine rings is 1. The van der Waals surface area contributed by atoms with Crippen molar-refractivity contribution < 1.29 is 9.21 Å². The summed E-state index contributed by atoms with van der Waals surface area (Å²) >= 11 is 0. The second-order valence-electron chi connectivity index (χ2n) is 8.05. The normalized spacial score (nSPS) is 17.3. The number of fused-ring (bicyclic) bond motifs is 1. The maximum absolute atomic E-state index is 13.5. The molecule has 2 aliphatic rings. The third-order valence-corrected chi connectivity index (χ3v) is 6.15. The fraction of sp³-hybridized carbons (Fsp3) is 0.375. The topological polar surface area (TPSA) is 62.5 Å². The molecule has 0 unspecified atom stereocenters. The van der Waals surface area contributed by atoms with Gasteiger partial charge in [-0.05, 0) is 43.7 Å². The van der Waals surface area contributed by atoms with Crippen LogP contribution in [0.25, 0.3) is 16.7 Å². The minimum atomic E-state index is 0.00247. The van der Waals surface area contributed by atoms with Gasteiger partial charge in [0.2, 0.25) is 5.71 Å². The van der Waals surface area contributed by atoms with Crippen molar-refractivity contribution in [1.82, 2.24) is 14.9 Å². The largest absolute Gasteiger partial charge is 0.442 e. The molecule has 3 aromatic rings. The van der Waals surface area contributed by atoms with Gasteiger partial charge in [-0.2, -0.15) is 0 Å². The maximum Gasteiger partial charge on any atom is 0.258 e. The summed E-state index contributed by atoms with van der Waals surface area (Å²) < 4.78 is 5.89. The van der Waals surface area contributed by atoms with E-state index in [1.807, 2.05) is 17.9 Å². The van der Waals surface area contributed by atoms with Gasteiger partial charge in [0.25, 0.3) is 5.91 Å². The maximum atomic E-state index is 13.5. The molecule has 2 aliphatic heterocycles. The van der Waals surface area contributed by atoms with Crippen LogP contribution in [-0.2, 0) is 0 Å². The summed E-state index contributed by atoms with van der Waals surface area (Å²) in [7, 11) is 0. The van der Waals surface area contributed by atoms with E-state index >= 15 is 0 Å². The molecule has 0 spiro atoms. The highest BCUT2D eigenvalue weighted by Gasteiger charge is 2.29. The van der Waals surface area contributed by atoms with Crippen LogP contribution in [0.4, 0.5) is 5.82 Å². The number of aromatic nitrogens is 2. The molecule has 2 aromatic heterocycles. The Morgan fingerprint density at radius 2 is 1.83 bits per heavy atom. The number of furan rings is 1. The molecule has 5 rings (SSSR count). The second-order valence-corrected chi connectivity index (χ2v) is 8.05. The minimum absolute atomic E-state index is 0.00247. The summed E-state index contributed by atoms with van der Waals surface area (Å²) in [6, 6.07) is 10.4. The van der Waals surface area contributed by atoms with Gasteiger partial charge in [-0.3, -0.25) is 4.79 Å². The van der Waals surface area contributed by atoms with E-state index in [0.717, 1.165) is 43.6 Å². The molecule has 6 heteroatoms. The molecule has 1 aromatic carbocycles. The lowest BCUT2D eigenvalue weighted by Gasteiger charge is -2.29. The number of hydrogen-bond acceptors (Lipinski definition) is 5. The first kappa shape index (κ1) is 18.9. The summed E-state index contributed by atoms with van der Waals surface area (Å²) in [4.78, 5) is 26.6. The predicted molar refractivity (Wildman–Crippen MR) is 118 cm³/mol. The standard InChI is InChI=1S/C24H26N4O2/c1-17-20(21-22(25-16-26-23(21)30-17)27-12-6-3-7-13-27)24(29)28-14-10-19(11-15-28)18-8-4-2-5-9-18/h2,4-5,8-10,16H,3,6-7,11-15H2,1H3. The summed E-state index contributed by atoms with van der Waals surface area (Å²) in [6.07, 6.45) is 8.08. The number of rotatable bonds is 3. The minimum Gasteiger partial charge on any atom is -0.442 e. The van der Waals surface area contributed by atoms with Gasteiger partial charge >= 0.3 is 0 Å². The lowest BCUT2D eigenvalue weighted by molar-refractivity contribution is 0.0773. The number of aryl methyl sites for hydroxylation is 1. The van der Waals surface area contributed by atoms with Gasteiger partial charge in [-0.1, -0.05) is 36.4 Å². The third kappa shape index (κ3) is 3.36. The Bertz CT molecular complexity index is 1100. The summed E-state index contributed by atoms with van der Waals surface area (Å²) in [5, 5.41) is 0.764. The number of carbonyl (C=O) groups is 1. The van der Waals surface area contributed by atoms with Crippen molar-refractivity contribution in [3.8, 4) is 0 Å². The monoisotopic (exact) mass is 402 g/mol. The van der Waals surface area contributed by atoms with E-state index in [4.69, 9.17) is 4.42 Å². The van der Waals surface area contributed by atoms with Crippen molar-refractivity contribution >= 4 is 28.4 Å². The zero-order chi connectivity index (χ0) is 20.5. The Morgan fingerprint density at radius 3 is 2.57 bits per heavy atom. The average molecular weight is 402 g/mol. The molecule has 0 bridgehead atoms. The van der Waals surface area contributed by atoms with Crippen LogP contribution in [0.5, 0.6) is 0 Å². The number of hydrogen-bond donors (Lipinski definition) is 0. The van der Waals surface area contributed by atoms with Crippen molar-refractivity contribution in [3.05, 3.63) is 59.6 Å². The van der Waals surface area contributed by atoms with Crippen LogP contribution < -0.4 is 4.90 Å². The lowest BCUT2D eigenvalue weighted by atomic mass is 9.99. The zero-order valence-corrected chi connectivity index (χ0v) is 17.3. The summed E-state index contributed by atoms with van der Waals surface area (Å²) in [5.41, 5.74) is 3.65. The van der Waals surface area contributed by atoms with Crippen molar-refractivity contribution in [2.45, 2.75) is 32.6 Å². The lowest BCUT2D eigenvalue weighted by Crippen LogP contribution is -2.35. The second kappa shape index (κ2) is 7.94. The molecule has 6 nitrogen and oxygen atoms in total. The van der Waals surface area contributed by atoms with Gasteiger partial charge in [-0.25, -0.2) is 9.97 Å². The highest BCUT2D eigenvalue weighted by molar-refractivity contribution is 6.10. The Morgan fingerprint density at radius 1 is 1.03 bits per heavy atom. The van der Waals surface area contributed by atoms with Crippen LogP contribution in [0.15, 0.2) is 47.2 Å². The van der Waals surface area contributed by atoms with Gasteiger partial charge in [0, 0.05) is 26.2 Å². The molecular formula is C24H26N4O2. The van der Waals surface area contributed by atoms with Crippen LogP contribution in [0.1, 0.15) is 47.4 Å². The van der Waals surface area contributed by atoms with E-state index in [2.05, 4.69) is 45.2 Å². The van der Waals surface area contributed by atoms with Crippen molar-refractivity contribution in [2.75, 3.05) is 31.1 Å². The van der Waals surface area contributed by atoms with Gasteiger partial charge < -0.3 is 14.2 Å². The van der Waals surface area contributed by atoms with Crippen molar-refractivity contribution in [2.24, 2.45) is 0 Å². The number of benzene rings is 1. The van der Waals surface area contributed by atoms with Crippen molar-refractivity contribution in [3.63, 3.8) is 0 Å². The fourth-order valence-electron chi connectivity index (χ4n) is 4.56. The highest BCUT2D eigenvalue weighted by Crippen LogP contribution is 2.34. The van der Waals surface area contributed by atoms with Gasteiger partial charge in [0.05, 0.1) is 10.9 Å². The smallest absolute Gasteiger partial charge is 0.258 e. The highest BCUT2D eigenvalue weighted by atomic mass is 16.3. The summed E-state index contributed by atoms with van der Waals surface area (Å²) in [5.74, 6) is 1.45. The molecule has 0 radical (unpaired) electrons. The molecule has 0 N–H and O–H groups in total. The Labute approximate surface area is 176 Å². The van der Waals surface area contributed by atoms with E-state index < -0.39 is 0 Å². The first-order valence-corrected chi connectivity index (χ1v) is 10.7. The molecule has 1 amide bonds. The van der Waals surface area contributed by atoms with Gasteiger partial charge in [0.1, 0.15) is 17.9 Å². The third-order valence-electron chi connectivity index (χ3n) is 6.15. The SMILES string of the molecule is Cc1oc2ncnc(N3CCCCC3)c2c1C(=O)N1CC=C(c2ccccc2)CC1. The first-order chi connectivity index (χ1) is 14.7.